The third-order valence-electron chi connectivity index (χ3n) is 5.19. The molecule has 0 radical (unpaired) electrons. The van der Waals surface area contributed by atoms with Crippen LogP contribution >= 0.6 is 23.8 Å². The van der Waals surface area contributed by atoms with Gasteiger partial charge in [-0.3, -0.25) is 14.7 Å². The molecular formula is C21H18ClFN2OS. The van der Waals surface area contributed by atoms with E-state index in [2.05, 4.69) is 0 Å². The van der Waals surface area contributed by atoms with Gasteiger partial charge in [0, 0.05) is 16.1 Å². The Morgan fingerprint density at radius 2 is 1.81 bits per heavy atom. The highest BCUT2D eigenvalue weighted by Crippen LogP contribution is 2.41. The first kappa shape index (κ1) is 18.3. The number of amides is 1. The minimum absolute atomic E-state index is 0.234. The highest BCUT2D eigenvalue weighted by molar-refractivity contribution is 7.82. The lowest BCUT2D eigenvalue weighted by Crippen LogP contribution is -2.50. The maximum Gasteiger partial charge on any atom is 0.260 e. The maximum absolute atomic E-state index is 13.3. The number of halogens is 2. The summed E-state index contributed by atoms with van der Waals surface area (Å²) in [5.41, 5.74) is 1.20. The molecule has 0 unspecified atom stereocenters. The van der Waals surface area contributed by atoms with Gasteiger partial charge >= 0.3 is 0 Å². The fourth-order valence-electron chi connectivity index (χ4n) is 3.88. The molecule has 2 aromatic rings. The molecule has 0 bridgehead atoms. The first-order valence-electron chi connectivity index (χ1n) is 9.00. The van der Waals surface area contributed by atoms with Crippen molar-refractivity contribution in [2.24, 2.45) is 4.99 Å². The van der Waals surface area contributed by atoms with Crippen molar-refractivity contribution < 1.29 is 9.18 Å². The average molecular weight is 401 g/mol. The monoisotopic (exact) mass is 400 g/mol. The molecule has 0 N–H and O–H groups in total. The summed E-state index contributed by atoms with van der Waals surface area (Å²) in [4.78, 5) is 20.3. The van der Waals surface area contributed by atoms with Crippen molar-refractivity contribution >= 4 is 40.4 Å². The molecule has 1 amide bonds. The topological polar surface area (TPSA) is 32.7 Å². The van der Waals surface area contributed by atoms with E-state index in [1.807, 2.05) is 18.2 Å². The van der Waals surface area contributed by atoms with Gasteiger partial charge in [0.15, 0.2) is 0 Å². The quantitative estimate of drug-likeness (QED) is 0.631. The Labute approximate surface area is 167 Å². The Kier molecular flexibility index (Phi) is 4.82. The molecular weight excluding hydrogens is 383 g/mol. The van der Waals surface area contributed by atoms with Crippen molar-refractivity contribution in [3.8, 4) is 0 Å². The molecule has 2 aliphatic rings. The SMILES string of the molecule is O=C(c1ccc(F)cc1)N1C(=S)C(c2cccc(Cl)c2)=NC12CCCCC2. The van der Waals surface area contributed by atoms with E-state index in [0.29, 0.717) is 21.3 Å². The van der Waals surface area contributed by atoms with Crippen LogP contribution in [0.15, 0.2) is 53.5 Å². The first-order chi connectivity index (χ1) is 13.0. The Balaban J connectivity index is 1.77. The number of carbonyl (C=O) groups is 1. The fourth-order valence-corrected chi connectivity index (χ4v) is 4.49. The summed E-state index contributed by atoms with van der Waals surface area (Å²) in [6.07, 6.45) is 4.63. The molecule has 1 spiro atoms. The van der Waals surface area contributed by atoms with Crippen molar-refractivity contribution in [1.82, 2.24) is 4.90 Å². The van der Waals surface area contributed by atoms with Gasteiger partial charge in [-0.2, -0.15) is 0 Å². The van der Waals surface area contributed by atoms with Gasteiger partial charge in [0.05, 0.1) is 0 Å². The normalized spacial score (nSPS) is 18.7. The smallest absolute Gasteiger partial charge is 0.260 e. The second-order valence-electron chi connectivity index (χ2n) is 6.97. The Hall–Kier alpha value is -2.11. The van der Waals surface area contributed by atoms with Crippen molar-refractivity contribution in [2.75, 3.05) is 0 Å². The molecule has 27 heavy (non-hydrogen) atoms. The molecule has 1 aliphatic heterocycles. The van der Waals surface area contributed by atoms with Crippen LogP contribution in [0.25, 0.3) is 0 Å². The zero-order valence-electron chi connectivity index (χ0n) is 14.6. The third kappa shape index (κ3) is 3.30. The van der Waals surface area contributed by atoms with Crippen molar-refractivity contribution in [3.05, 3.63) is 70.5 Å². The minimum atomic E-state index is -0.654. The molecule has 1 heterocycles. The minimum Gasteiger partial charge on any atom is -0.271 e. The zero-order chi connectivity index (χ0) is 19.0. The van der Waals surface area contributed by atoms with Crippen LogP contribution < -0.4 is 0 Å². The molecule has 1 aliphatic carbocycles. The van der Waals surface area contributed by atoms with E-state index in [4.69, 9.17) is 28.8 Å². The lowest BCUT2D eigenvalue weighted by atomic mass is 9.88. The van der Waals surface area contributed by atoms with Crippen LogP contribution in [0.1, 0.15) is 48.0 Å². The van der Waals surface area contributed by atoms with Crippen molar-refractivity contribution in [3.63, 3.8) is 0 Å². The number of hydrogen-bond donors (Lipinski definition) is 0. The first-order valence-corrected chi connectivity index (χ1v) is 9.79. The highest BCUT2D eigenvalue weighted by Gasteiger charge is 2.48. The van der Waals surface area contributed by atoms with Crippen molar-refractivity contribution in [2.45, 2.75) is 37.8 Å². The largest absolute Gasteiger partial charge is 0.271 e. The van der Waals surface area contributed by atoms with E-state index in [0.717, 1.165) is 37.7 Å². The summed E-state index contributed by atoms with van der Waals surface area (Å²) in [5.74, 6) is -0.610. The third-order valence-corrected chi connectivity index (χ3v) is 5.80. The molecule has 0 saturated heterocycles. The number of rotatable bonds is 2. The highest BCUT2D eigenvalue weighted by atomic mass is 35.5. The van der Waals surface area contributed by atoms with E-state index in [9.17, 15) is 9.18 Å². The van der Waals surface area contributed by atoms with Gasteiger partial charge in [-0.1, -0.05) is 42.4 Å². The Morgan fingerprint density at radius 1 is 1.11 bits per heavy atom. The van der Waals surface area contributed by atoms with Gasteiger partial charge in [-0.25, -0.2) is 4.39 Å². The molecule has 1 saturated carbocycles. The second kappa shape index (κ2) is 7.13. The standard InChI is InChI=1S/C21H18ClFN2OS/c22-16-6-4-5-15(13-16)18-20(27)25(21(24-18)11-2-1-3-12-21)19(26)14-7-9-17(23)10-8-14/h4-10,13H,1-3,11-12H2. The van der Waals surface area contributed by atoms with Crippen molar-refractivity contribution in [1.29, 1.82) is 0 Å². The van der Waals surface area contributed by atoms with E-state index in [-0.39, 0.29) is 11.7 Å². The molecule has 1 fully saturated rings. The number of nitrogens with zero attached hydrogens (tertiary/aromatic N) is 2. The summed E-state index contributed by atoms with van der Waals surface area (Å²) >= 11 is 11.8. The summed E-state index contributed by atoms with van der Waals surface area (Å²) in [7, 11) is 0. The number of hydrogen-bond acceptors (Lipinski definition) is 3. The van der Waals surface area contributed by atoms with Crippen LogP contribution in [0.5, 0.6) is 0 Å². The van der Waals surface area contributed by atoms with E-state index in [1.165, 1.54) is 24.3 Å². The van der Waals surface area contributed by atoms with E-state index >= 15 is 0 Å². The molecule has 0 atom stereocenters. The zero-order valence-corrected chi connectivity index (χ0v) is 16.2. The fraction of sp³-hybridized carbons (Fsp3) is 0.286. The lowest BCUT2D eigenvalue weighted by molar-refractivity contribution is 0.0648. The summed E-state index contributed by atoms with van der Waals surface area (Å²) in [6, 6.07) is 12.9. The number of benzene rings is 2. The molecule has 3 nitrogen and oxygen atoms in total. The van der Waals surface area contributed by atoms with E-state index in [1.54, 1.807) is 11.0 Å². The van der Waals surface area contributed by atoms with Gasteiger partial charge in [-0.15, -0.1) is 0 Å². The molecule has 6 heteroatoms. The second-order valence-corrected chi connectivity index (χ2v) is 7.79. The summed E-state index contributed by atoms with van der Waals surface area (Å²) in [5, 5.41) is 0.596. The average Bonchev–Trinajstić information content (AvgIpc) is 2.94. The van der Waals surface area contributed by atoms with Gasteiger partial charge in [0.2, 0.25) is 0 Å². The Morgan fingerprint density at radius 3 is 2.48 bits per heavy atom. The predicted octanol–water partition coefficient (Wildman–Crippen LogP) is 5.41. The van der Waals surface area contributed by atoms with Crippen LogP contribution in [0.2, 0.25) is 5.02 Å². The van der Waals surface area contributed by atoms with Crippen LogP contribution in [-0.2, 0) is 0 Å². The summed E-state index contributed by atoms with van der Waals surface area (Å²) in [6.45, 7) is 0. The summed E-state index contributed by atoms with van der Waals surface area (Å²) < 4.78 is 13.3. The molecule has 138 valence electrons. The Bertz CT molecular complexity index is 935. The van der Waals surface area contributed by atoms with Gasteiger partial charge < -0.3 is 0 Å². The van der Waals surface area contributed by atoms with E-state index < -0.39 is 5.66 Å². The molecule has 0 aromatic heterocycles. The van der Waals surface area contributed by atoms with Gasteiger partial charge in [-0.05, 0) is 62.1 Å². The van der Waals surface area contributed by atoms with Gasteiger partial charge in [0.25, 0.3) is 5.91 Å². The van der Waals surface area contributed by atoms with Gasteiger partial charge in [0.1, 0.15) is 22.2 Å². The number of thiocarbonyl (C=S) groups is 1. The van der Waals surface area contributed by atoms with Crippen LogP contribution in [-0.4, -0.2) is 27.2 Å². The maximum atomic E-state index is 13.3. The molecule has 2 aromatic carbocycles. The number of carbonyl (C=O) groups excluding carboxylic acids is 1. The lowest BCUT2D eigenvalue weighted by Gasteiger charge is -2.38. The van der Waals surface area contributed by atoms with Crippen LogP contribution in [0.4, 0.5) is 4.39 Å². The van der Waals surface area contributed by atoms with Crippen LogP contribution in [0.3, 0.4) is 0 Å². The molecule has 4 rings (SSSR count). The predicted molar refractivity (Wildman–Crippen MR) is 109 cm³/mol. The van der Waals surface area contributed by atoms with Crippen LogP contribution in [0, 0.1) is 5.82 Å². The number of aliphatic imine (C=N–C) groups is 1.